The van der Waals surface area contributed by atoms with E-state index in [1.165, 1.54) is 0 Å². The number of carbonyl (C=O) groups is 6. The molecule has 20 heteroatoms. The SMILES string of the molecule is C=CC(=O)OCC(COc1ccccc1)OC(=O)NCc1cccc(CNC(=O)OCCOc2ccc(C3(c4ccc(OCCOC(=O)NCc5cccc(CNC(=O)OC(COC(=O)C=C)COc6ccccc6)c5)cc4)c4ccccc4-c4ccccc43)cc2)c1. The van der Waals surface area contributed by atoms with Gasteiger partial charge in [-0.05, 0) is 104 Å². The summed E-state index contributed by atoms with van der Waals surface area (Å²) >= 11 is 0. The predicted octanol–water partition coefficient (Wildman–Crippen LogP) is 11.5. The summed E-state index contributed by atoms with van der Waals surface area (Å²) < 4.78 is 55.7. The Kier molecular flexibility index (Phi) is 24.0. The highest BCUT2D eigenvalue weighted by molar-refractivity contribution is 5.86. The summed E-state index contributed by atoms with van der Waals surface area (Å²) in [4.78, 5) is 74.5. The van der Waals surface area contributed by atoms with Crippen LogP contribution in [0.4, 0.5) is 19.2 Å². The monoisotopic (exact) mass is 1260 g/mol. The van der Waals surface area contributed by atoms with Gasteiger partial charge in [0.15, 0.2) is 12.2 Å². The van der Waals surface area contributed by atoms with Gasteiger partial charge in [0.2, 0.25) is 0 Å². The minimum Gasteiger partial charge on any atom is -0.490 e. The second kappa shape index (κ2) is 33.9. The van der Waals surface area contributed by atoms with Crippen molar-refractivity contribution >= 4 is 36.3 Å². The van der Waals surface area contributed by atoms with Crippen LogP contribution in [0.3, 0.4) is 0 Å². The molecule has 0 radical (unpaired) electrons. The predicted molar refractivity (Wildman–Crippen MR) is 344 cm³/mol. The van der Waals surface area contributed by atoms with E-state index < -0.39 is 53.9 Å². The second-order valence-corrected chi connectivity index (χ2v) is 20.9. The first-order valence-electron chi connectivity index (χ1n) is 29.9. The minimum absolute atomic E-state index is 0.0171. The Morgan fingerprint density at radius 1 is 0.355 bits per heavy atom. The van der Waals surface area contributed by atoms with Gasteiger partial charge in [0, 0.05) is 38.3 Å². The van der Waals surface area contributed by atoms with Gasteiger partial charge in [-0.1, -0.05) is 171 Å². The Bertz CT molecular complexity index is 3560. The van der Waals surface area contributed by atoms with Crippen molar-refractivity contribution in [1.82, 2.24) is 21.3 Å². The standard InChI is InChI=1S/C73H70N4O16/c1-3-67(78)90-49-61(47-88-57-21-7-5-8-22-57)92-71(82)76-45-53-19-15-17-51(41-53)43-74-69(80)86-39-37-84-59-33-29-55(30-34-59)73(65-27-13-11-25-63(65)64-26-12-14-28-66(64)73)56-31-35-60(36-32-56)85-38-40-87-70(81)75-44-52-18-16-20-54(42-52)46-77-72(83)93-62(50-91-68(79)4-2)48-89-58-23-9-6-10-24-58/h3-36,41-42,61-62H,1-2,37-40,43-50H2,(H,74,80)(H,75,81)(H,76,82)(H,77,83). The van der Waals surface area contributed by atoms with E-state index in [-0.39, 0.29) is 79.0 Å². The number of alkyl carbamates (subject to hydrolysis) is 4. The van der Waals surface area contributed by atoms with Crippen LogP contribution in [0.15, 0.2) is 232 Å². The van der Waals surface area contributed by atoms with Crippen LogP contribution >= 0.6 is 0 Å². The summed E-state index contributed by atoms with van der Waals surface area (Å²) in [5.41, 5.74) is 8.78. The molecule has 0 bridgehead atoms. The summed E-state index contributed by atoms with van der Waals surface area (Å²) in [5, 5.41) is 10.9. The Morgan fingerprint density at radius 3 is 1.08 bits per heavy atom. The highest BCUT2D eigenvalue weighted by atomic mass is 16.6. The van der Waals surface area contributed by atoms with Crippen molar-refractivity contribution in [2.75, 3.05) is 52.9 Å². The van der Waals surface area contributed by atoms with Gasteiger partial charge in [-0.25, -0.2) is 28.8 Å². The fourth-order valence-electron chi connectivity index (χ4n) is 10.2. The quantitative estimate of drug-likeness (QED) is 0.0133. The Morgan fingerprint density at radius 2 is 0.699 bits per heavy atom. The molecule has 0 heterocycles. The number of carbonyl (C=O) groups excluding carboxylic acids is 6. The van der Waals surface area contributed by atoms with Crippen LogP contribution in [0, 0.1) is 0 Å². The number of hydrogen-bond acceptors (Lipinski definition) is 16. The molecule has 9 rings (SSSR count). The van der Waals surface area contributed by atoms with E-state index in [2.05, 4.69) is 58.7 Å². The van der Waals surface area contributed by atoms with Gasteiger partial charge in [-0.3, -0.25) is 0 Å². The lowest BCUT2D eigenvalue weighted by Crippen LogP contribution is -2.35. The number of rotatable bonds is 32. The maximum Gasteiger partial charge on any atom is 0.407 e. The van der Waals surface area contributed by atoms with Crippen molar-refractivity contribution in [3.05, 3.63) is 276 Å². The van der Waals surface area contributed by atoms with Crippen LogP contribution in [0.5, 0.6) is 23.0 Å². The lowest BCUT2D eigenvalue weighted by Gasteiger charge is -2.34. The molecule has 8 aromatic carbocycles. The molecule has 0 spiro atoms. The van der Waals surface area contributed by atoms with Gasteiger partial charge in [-0.2, -0.15) is 0 Å². The molecule has 4 N–H and O–H groups in total. The molecule has 1 aliphatic carbocycles. The number of ether oxygens (including phenoxy) is 10. The second-order valence-electron chi connectivity index (χ2n) is 20.9. The summed E-state index contributed by atoms with van der Waals surface area (Å²) in [6, 6.07) is 65.0. The zero-order chi connectivity index (χ0) is 65.0. The van der Waals surface area contributed by atoms with E-state index in [1.807, 2.05) is 121 Å². The van der Waals surface area contributed by atoms with Crippen molar-refractivity contribution in [2.45, 2.75) is 43.8 Å². The number of benzene rings is 8. The van der Waals surface area contributed by atoms with Gasteiger partial charge in [0.25, 0.3) is 0 Å². The third-order valence-electron chi connectivity index (χ3n) is 14.5. The van der Waals surface area contributed by atoms with Gasteiger partial charge in [0.05, 0.1) is 5.41 Å². The molecule has 0 fully saturated rings. The van der Waals surface area contributed by atoms with Crippen LogP contribution in [0.2, 0.25) is 0 Å². The maximum atomic E-state index is 12.8. The first-order valence-corrected chi connectivity index (χ1v) is 29.9. The summed E-state index contributed by atoms with van der Waals surface area (Å²) in [7, 11) is 0. The van der Waals surface area contributed by atoms with E-state index in [0.29, 0.717) is 23.0 Å². The molecule has 20 nitrogen and oxygen atoms in total. The number of hydrogen-bond donors (Lipinski definition) is 4. The van der Waals surface area contributed by atoms with Gasteiger partial charge < -0.3 is 68.6 Å². The molecule has 2 unspecified atom stereocenters. The molecule has 0 aromatic heterocycles. The number of esters is 2. The highest BCUT2D eigenvalue weighted by Crippen LogP contribution is 2.56. The topological polar surface area (TPSA) is 243 Å². The molecule has 2 atom stereocenters. The molecule has 4 amide bonds. The molecule has 0 saturated carbocycles. The number of amides is 4. The molecular formula is C73H70N4O16. The Balaban J connectivity index is 0.716. The van der Waals surface area contributed by atoms with E-state index in [9.17, 15) is 28.8 Å². The normalized spacial score (nSPS) is 12.1. The van der Waals surface area contributed by atoms with Crippen LogP contribution in [0.25, 0.3) is 11.1 Å². The fraction of sp³-hybridized carbons (Fsp3) is 0.205. The molecule has 93 heavy (non-hydrogen) atoms. The zero-order valence-corrected chi connectivity index (χ0v) is 50.9. The molecular weight excluding hydrogens is 1190 g/mol. The Labute approximate surface area is 538 Å². The van der Waals surface area contributed by atoms with E-state index >= 15 is 0 Å². The molecule has 0 aliphatic heterocycles. The van der Waals surface area contributed by atoms with Gasteiger partial charge in [-0.15, -0.1) is 0 Å². The minimum atomic E-state index is -0.896. The first-order chi connectivity index (χ1) is 45.4. The van der Waals surface area contributed by atoms with Gasteiger partial charge >= 0.3 is 36.3 Å². The molecule has 1 aliphatic rings. The van der Waals surface area contributed by atoms with Crippen LogP contribution in [-0.2, 0) is 69.6 Å². The zero-order valence-electron chi connectivity index (χ0n) is 50.9. The van der Waals surface area contributed by atoms with Crippen molar-refractivity contribution in [3.63, 3.8) is 0 Å². The first kappa shape index (κ1) is 65.9. The van der Waals surface area contributed by atoms with Crippen molar-refractivity contribution in [2.24, 2.45) is 0 Å². The lowest BCUT2D eigenvalue weighted by atomic mass is 9.68. The number of nitrogens with one attached hydrogen (secondary N) is 4. The van der Waals surface area contributed by atoms with E-state index in [4.69, 9.17) is 47.4 Å². The van der Waals surface area contributed by atoms with Crippen LogP contribution in [-0.4, -0.2) is 101 Å². The summed E-state index contributed by atoms with van der Waals surface area (Å²) in [5.74, 6) is 0.968. The molecule has 0 saturated heterocycles. The largest absolute Gasteiger partial charge is 0.490 e. The third-order valence-corrected chi connectivity index (χ3v) is 14.5. The lowest BCUT2D eigenvalue weighted by molar-refractivity contribution is -0.142. The van der Waals surface area contributed by atoms with E-state index in [0.717, 1.165) is 67.8 Å². The molecule has 8 aromatic rings. The number of para-hydroxylation sites is 2. The maximum absolute atomic E-state index is 12.8. The number of fused-ring (bicyclic) bond motifs is 3. The molecule has 478 valence electrons. The highest BCUT2D eigenvalue weighted by Gasteiger charge is 2.46. The summed E-state index contributed by atoms with van der Waals surface area (Å²) in [6.45, 7) is 6.93. The van der Waals surface area contributed by atoms with E-state index in [1.54, 1.807) is 60.7 Å². The van der Waals surface area contributed by atoms with Crippen LogP contribution < -0.4 is 40.2 Å². The third kappa shape index (κ3) is 19.2. The summed E-state index contributed by atoms with van der Waals surface area (Å²) in [6.07, 6.45) is -2.50. The van der Waals surface area contributed by atoms with Crippen LogP contribution in [0.1, 0.15) is 44.5 Å². The fourth-order valence-corrected chi connectivity index (χ4v) is 10.2. The average molecular weight is 1260 g/mol. The van der Waals surface area contributed by atoms with Crippen molar-refractivity contribution in [3.8, 4) is 34.1 Å². The smallest absolute Gasteiger partial charge is 0.407 e. The van der Waals surface area contributed by atoms with Gasteiger partial charge in [0.1, 0.15) is 75.9 Å². The van der Waals surface area contributed by atoms with Crippen molar-refractivity contribution in [1.29, 1.82) is 0 Å². The average Bonchev–Trinajstić information content (AvgIpc) is 1.56. The Hall–Kier alpha value is -11.5. The van der Waals surface area contributed by atoms with Crippen molar-refractivity contribution < 1.29 is 76.1 Å².